The maximum absolute atomic E-state index is 14.3. The van der Waals surface area contributed by atoms with Gasteiger partial charge in [-0.15, -0.1) is 0 Å². The molecule has 2 amide bonds. The summed E-state index contributed by atoms with van der Waals surface area (Å²) >= 11 is 0. The molecule has 7 nitrogen and oxygen atoms in total. The summed E-state index contributed by atoms with van der Waals surface area (Å²) in [6, 6.07) is 36.8. The molecular weight excluding hydrogens is 677 g/mol. The standard InChI is InChI=1S/C45H48N2O5Si/c1-29-40(23-18-30-10-7-15-34(24-30)47-39-17-9-14-31-13-8-16-38(43(31)39)45(47)50)52-41(44(29)53(3,4)37-21-19-36(51-2)20-22-37)26-42(49)46-27-33-12-6-5-11-32(33)25-35(46)28-48/h5-17,19-22,24,29,35,40-41,44,48H,18,23,25-28H2,1-4H3/t29-,35-,40+,41-,44+/m0/s1. The van der Waals surface area contributed by atoms with Crippen molar-refractivity contribution in [1.29, 1.82) is 0 Å². The van der Waals surface area contributed by atoms with Gasteiger partial charge in [-0.1, -0.05) is 98.0 Å². The van der Waals surface area contributed by atoms with Gasteiger partial charge in [-0.25, -0.2) is 0 Å². The van der Waals surface area contributed by atoms with Gasteiger partial charge in [0.2, 0.25) is 5.91 Å². The summed E-state index contributed by atoms with van der Waals surface area (Å²) < 4.78 is 12.5. The topological polar surface area (TPSA) is 79.3 Å². The minimum Gasteiger partial charge on any atom is -0.497 e. The highest BCUT2D eigenvalue weighted by Crippen LogP contribution is 2.47. The number of aryl methyl sites for hydroxylation is 1. The Hall–Kier alpha value is -4.76. The van der Waals surface area contributed by atoms with Gasteiger partial charge in [0.25, 0.3) is 5.91 Å². The van der Waals surface area contributed by atoms with Gasteiger partial charge in [0, 0.05) is 17.6 Å². The van der Waals surface area contributed by atoms with Gasteiger partial charge >= 0.3 is 0 Å². The van der Waals surface area contributed by atoms with Crippen molar-refractivity contribution in [2.24, 2.45) is 5.92 Å². The summed E-state index contributed by atoms with van der Waals surface area (Å²) in [5.74, 6) is 1.10. The fourth-order valence-electron chi connectivity index (χ4n) is 9.51. The molecule has 3 heterocycles. The highest BCUT2D eigenvalue weighted by molar-refractivity contribution is 6.91. The molecule has 3 aliphatic rings. The molecule has 0 aliphatic carbocycles. The lowest BCUT2D eigenvalue weighted by molar-refractivity contribution is -0.138. The number of carbonyl (C=O) groups excluding carboxylic acids is 2. The summed E-state index contributed by atoms with van der Waals surface area (Å²) in [7, 11) is -0.503. The fraction of sp³-hybridized carbons (Fsp3) is 0.333. The van der Waals surface area contributed by atoms with Crippen LogP contribution in [0.1, 0.15) is 46.8 Å². The van der Waals surface area contributed by atoms with Gasteiger partial charge in [0.15, 0.2) is 0 Å². The Bertz CT molecular complexity index is 2160. The number of aliphatic hydroxyl groups excluding tert-OH is 1. The zero-order valence-corrected chi connectivity index (χ0v) is 32.0. The van der Waals surface area contributed by atoms with E-state index in [2.05, 4.69) is 68.5 Å². The van der Waals surface area contributed by atoms with E-state index < -0.39 is 8.07 Å². The van der Waals surface area contributed by atoms with E-state index in [1.807, 2.05) is 70.5 Å². The van der Waals surface area contributed by atoms with Gasteiger partial charge in [-0.3, -0.25) is 14.5 Å². The maximum atomic E-state index is 14.3. The largest absolute Gasteiger partial charge is 0.497 e. The molecule has 3 aliphatic heterocycles. The molecular formula is C45H48N2O5Si. The van der Waals surface area contributed by atoms with E-state index in [1.165, 1.54) is 10.8 Å². The lowest BCUT2D eigenvalue weighted by Gasteiger charge is -2.39. The van der Waals surface area contributed by atoms with Crippen LogP contribution in [0.4, 0.5) is 11.4 Å². The van der Waals surface area contributed by atoms with Crippen LogP contribution in [0.25, 0.3) is 10.8 Å². The number of hydrogen-bond acceptors (Lipinski definition) is 5. The Morgan fingerprint density at radius 3 is 2.40 bits per heavy atom. The molecule has 0 bridgehead atoms. The first-order valence-electron chi connectivity index (χ1n) is 18.9. The van der Waals surface area contributed by atoms with E-state index in [-0.39, 0.29) is 54.6 Å². The third kappa shape index (κ3) is 6.36. The van der Waals surface area contributed by atoms with Gasteiger partial charge in [-0.05, 0) is 89.2 Å². The van der Waals surface area contributed by atoms with E-state index in [4.69, 9.17) is 9.47 Å². The van der Waals surface area contributed by atoms with Gasteiger partial charge in [-0.2, -0.15) is 0 Å². The normalized spacial score (nSPS) is 22.4. The van der Waals surface area contributed by atoms with Crippen molar-refractivity contribution in [3.8, 4) is 5.75 Å². The monoisotopic (exact) mass is 724 g/mol. The van der Waals surface area contributed by atoms with Gasteiger partial charge in [0.05, 0.1) is 57.7 Å². The molecule has 0 unspecified atom stereocenters. The quantitative estimate of drug-likeness (QED) is 0.149. The second kappa shape index (κ2) is 14.2. The maximum Gasteiger partial charge on any atom is 0.263 e. The zero-order chi connectivity index (χ0) is 36.9. The number of carbonyl (C=O) groups is 2. The second-order valence-corrected chi connectivity index (χ2v) is 20.3. The Morgan fingerprint density at radius 2 is 1.64 bits per heavy atom. The average molecular weight is 725 g/mol. The summed E-state index contributed by atoms with van der Waals surface area (Å²) in [5.41, 5.74) is 6.23. The molecule has 8 heteroatoms. The minimum absolute atomic E-state index is 0.00315. The van der Waals surface area contributed by atoms with Crippen molar-refractivity contribution in [2.45, 2.75) is 76.0 Å². The SMILES string of the molecule is COc1ccc([Si](C)(C)[C@@H]2[C@@H](C)[C@@H](CCc3cccc(N4C(=O)c5cccc6cccc4c56)c3)O[C@H]2CC(=O)N2Cc3ccccc3C[C@H]2CO)cc1. The number of aliphatic hydroxyl groups is 1. The van der Waals surface area contributed by atoms with Crippen LogP contribution in [-0.4, -0.2) is 61.9 Å². The molecule has 0 spiro atoms. The molecule has 5 aromatic rings. The Labute approximate surface area is 313 Å². The number of rotatable bonds is 10. The van der Waals surface area contributed by atoms with Crippen LogP contribution in [0, 0.1) is 5.92 Å². The molecule has 1 N–H and O–H groups in total. The molecule has 0 aromatic heterocycles. The van der Waals surface area contributed by atoms with Crippen LogP contribution in [0.2, 0.25) is 18.6 Å². The van der Waals surface area contributed by atoms with Crippen LogP contribution < -0.4 is 14.8 Å². The van der Waals surface area contributed by atoms with E-state index >= 15 is 0 Å². The van der Waals surface area contributed by atoms with Crippen molar-refractivity contribution in [1.82, 2.24) is 4.90 Å². The Morgan fingerprint density at radius 1 is 0.906 bits per heavy atom. The zero-order valence-electron chi connectivity index (χ0n) is 31.0. The van der Waals surface area contributed by atoms with Crippen LogP contribution >= 0.6 is 0 Å². The Balaban J connectivity index is 1.04. The molecule has 272 valence electrons. The number of methoxy groups -OCH3 is 1. The molecule has 5 aromatic carbocycles. The van der Waals surface area contributed by atoms with Gasteiger partial charge in [0.1, 0.15) is 5.75 Å². The van der Waals surface area contributed by atoms with Crippen LogP contribution in [-0.2, 0) is 28.9 Å². The number of amides is 2. The molecule has 0 radical (unpaired) electrons. The van der Waals surface area contributed by atoms with Crippen molar-refractivity contribution in [3.05, 3.63) is 131 Å². The summed E-state index contributed by atoms with van der Waals surface area (Å²) in [4.78, 5) is 31.7. The Kier molecular flexibility index (Phi) is 9.47. The van der Waals surface area contributed by atoms with E-state index in [9.17, 15) is 14.7 Å². The smallest absolute Gasteiger partial charge is 0.263 e. The van der Waals surface area contributed by atoms with Crippen LogP contribution in [0.3, 0.4) is 0 Å². The molecule has 0 saturated carbocycles. The molecule has 1 saturated heterocycles. The van der Waals surface area contributed by atoms with E-state index in [0.29, 0.717) is 13.0 Å². The predicted molar refractivity (Wildman–Crippen MR) is 213 cm³/mol. The van der Waals surface area contributed by atoms with E-state index in [0.717, 1.165) is 57.4 Å². The number of benzene rings is 5. The lowest BCUT2D eigenvalue weighted by Crippen LogP contribution is -2.52. The van der Waals surface area contributed by atoms with E-state index in [1.54, 1.807) is 7.11 Å². The number of fused-ring (bicyclic) bond motifs is 1. The van der Waals surface area contributed by atoms with Crippen molar-refractivity contribution in [3.63, 3.8) is 0 Å². The van der Waals surface area contributed by atoms with Crippen molar-refractivity contribution in [2.75, 3.05) is 18.6 Å². The van der Waals surface area contributed by atoms with Gasteiger partial charge < -0.3 is 19.5 Å². The number of hydrogen-bond donors (Lipinski definition) is 1. The number of anilines is 2. The lowest BCUT2D eigenvalue weighted by atomic mass is 9.93. The molecule has 8 rings (SSSR count). The minimum atomic E-state index is -2.19. The first-order chi connectivity index (χ1) is 25.7. The second-order valence-electron chi connectivity index (χ2n) is 15.6. The third-order valence-electron chi connectivity index (χ3n) is 12.3. The summed E-state index contributed by atoms with van der Waals surface area (Å²) in [5, 5.41) is 13.8. The number of ether oxygens (including phenoxy) is 2. The average Bonchev–Trinajstić information content (AvgIpc) is 3.66. The number of nitrogens with zero attached hydrogens (tertiary/aromatic N) is 2. The first kappa shape index (κ1) is 35.3. The van der Waals surface area contributed by atoms with Crippen molar-refractivity contribution < 1.29 is 24.2 Å². The first-order valence-corrected chi connectivity index (χ1v) is 22.0. The van der Waals surface area contributed by atoms with Crippen molar-refractivity contribution >= 4 is 47.2 Å². The third-order valence-corrected chi connectivity index (χ3v) is 16.7. The van der Waals surface area contributed by atoms with Crippen LogP contribution in [0.5, 0.6) is 5.75 Å². The molecule has 5 atom stereocenters. The fourth-order valence-corrected chi connectivity index (χ4v) is 13.6. The summed E-state index contributed by atoms with van der Waals surface area (Å²) in [6.45, 7) is 7.56. The van der Waals surface area contributed by atoms with Crippen LogP contribution in [0.15, 0.2) is 109 Å². The summed E-state index contributed by atoms with van der Waals surface area (Å²) in [6.07, 6.45) is 2.26. The highest BCUT2D eigenvalue weighted by Gasteiger charge is 2.51. The molecule has 53 heavy (non-hydrogen) atoms. The molecule has 1 fully saturated rings. The highest BCUT2D eigenvalue weighted by atomic mass is 28.3. The predicted octanol–water partition coefficient (Wildman–Crippen LogP) is 7.80.